The number of halogens is 2. The molecule has 1 unspecified atom stereocenters. The monoisotopic (exact) mass is 258 g/mol. The van der Waals surface area contributed by atoms with Gasteiger partial charge in [0.2, 0.25) is 0 Å². The molecule has 68 valence electrons. The third-order valence-corrected chi connectivity index (χ3v) is 2.60. The van der Waals surface area contributed by atoms with Crippen LogP contribution >= 0.6 is 27.5 Å². The molecule has 0 saturated heterocycles. The van der Waals surface area contributed by atoms with Gasteiger partial charge in [-0.05, 0) is 35.0 Å². The molecular weight excluding hydrogens is 251 g/mol. The van der Waals surface area contributed by atoms with Crippen molar-refractivity contribution < 1.29 is 0 Å². The molecule has 0 spiro atoms. The Morgan fingerprint density at radius 3 is 3.00 bits per heavy atom. The largest absolute Gasteiger partial charge is 0.301 e. The first-order valence-electron chi connectivity index (χ1n) is 3.95. The third kappa shape index (κ3) is 1.58. The van der Waals surface area contributed by atoms with Gasteiger partial charge in [-0.2, -0.15) is 0 Å². The third-order valence-electron chi connectivity index (χ3n) is 1.91. The summed E-state index contributed by atoms with van der Waals surface area (Å²) >= 11 is 9.41. The maximum Gasteiger partial charge on any atom is 0.136 e. The number of rotatable bonds is 1. The van der Waals surface area contributed by atoms with Gasteiger partial charge >= 0.3 is 0 Å². The van der Waals surface area contributed by atoms with E-state index in [9.17, 15) is 0 Å². The number of fused-ring (bicyclic) bond motifs is 1. The van der Waals surface area contributed by atoms with Crippen LogP contribution in [0, 0.1) is 0 Å². The highest BCUT2D eigenvalue weighted by molar-refractivity contribution is 9.10. The first kappa shape index (κ1) is 9.03. The second-order valence-electron chi connectivity index (χ2n) is 2.87. The lowest BCUT2D eigenvalue weighted by Gasteiger charge is -2.02. The smallest absolute Gasteiger partial charge is 0.136 e. The molecule has 0 N–H and O–H groups in total. The zero-order chi connectivity index (χ0) is 9.42. The van der Waals surface area contributed by atoms with Crippen molar-refractivity contribution in [1.82, 2.24) is 9.38 Å². The first-order valence-corrected chi connectivity index (χ1v) is 5.18. The van der Waals surface area contributed by atoms with Crippen LogP contribution in [0.25, 0.3) is 5.65 Å². The zero-order valence-electron chi connectivity index (χ0n) is 7.04. The summed E-state index contributed by atoms with van der Waals surface area (Å²) in [6.45, 7) is 1.94. The molecule has 2 aromatic heterocycles. The van der Waals surface area contributed by atoms with Gasteiger partial charge in [-0.1, -0.05) is 0 Å². The van der Waals surface area contributed by atoms with Crippen molar-refractivity contribution in [3.05, 3.63) is 34.7 Å². The molecule has 2 heterocycles. The van der Waals surface area contributed by atoms with Crippen molar-refractivity contribution in [2.45, 2.75) is 12.3 Å². The van der Waals surface area contributed by atoms with E-state index in [-0.39, 0.29) is 5.38 Å². The van der Waals surface area contributed by atoms with Crippen LogP contribution < -0.4 is 0 Å². The van der Waals surface area contributed by atoms with Crippen molar-refractivity contribution in [3.8, 4) is 0 Å². The molecule has 0 bridgehead atoms. The number of imidazole rings is 1. The minimum atomic E-state index is -0.0238. The van der Waals surface area contributed by atoms with Crippen molar-refractivity contribution in [3.63, 3.8) is 0 Å². The molecule has 0 aliphatic carbocycles. The Morgan fingerprint density at radius 2 is 2.31 bits per heavy atom. The summed E-state index contributed by atoms with van der Waals surface area (Å²) in [4.78, 5) is 4.24. The topological polar surface area (TPSA) is 17.3 Å². The van der Waals surface area contributed by atoms with E-state index in [4.69, 9.17) is 11.6 Å². The van der Waals surface area contributed by atoms with E-state index in [1.54, 1.807) is 6.20 Å². The Kier molecular flexibility index (Phi) is 2.30. The molecule has 13 heavy (non-hydrogen) atoms. The number of hydrogen-bond donors (Lipinski definition) is 0. The first-order chi connectivity index (χ1) is 6.18. The van der Waals surface area contributed by atoms with Gasteiger partial charge in [0.1, 0.15) is 5.65 Å². The molecule has 2 rings (SSSR count). The lowest BCUT2D eigenvalue weighted by molar-refractivity contribution is 0.960. The van der Waals surface area contributed by atoms with E-state index in [0.717, 1.165) is 15.8 Å². The Balaban J connectivity index is 2.71. The van der Waals surface area contributed by atoms with Crippen molar-refractivity contribution in [1.29, 1.82) is 0 Å². The second-order valence-corrected chi connectivity index (χ2v) is 4.44. The fourth-order valence-electron chi connectivity index (χ4n) is 1.27. The minimum Gasteiger partial charge on any atom is -0.301 e. The predicted octanol–water partition coefficient (Wildman–Crippen LogP) is 3.40. The summed E-state index contributed by atoms with van der Waals surface area (Å²) in [5.74, 6) is 0. The fourth-order valence-corrected chi connectivity index (χ4v) is 1.77. The highest BCUT2D eigenvalue weighted by Gasteiger charge is 2.07. The van der Waals surface area contributed by atoms with Crippen LogP contribution in [-0.4, -0.2) is 9.38 Å². The number of aromatic nitrogens is 2. The van der Waals surface area contributed by atoms with Crippen molar-refractivity contribution >= 4 is 33.2 Å². The van der Waals surface area contributed by atoms with Crippen LogP contribution in [0.3, 0.4) is 0 Å². The molecule has 2 aromatic rings. The van der Waals surface area contributed by atoms with Gasteiger partial charge < -0.3 is 4.40 Å². The van der Waals surface area contributed by atoms with E-state index in [2.05, 4.69) is 20.9 Å². The Bertz CT molecular complexity index is 436. The summed E-state index contributed by atoms with van der Waals surface area (Å²) in [5, 5.41) is -0.0238. The van der Waals surface area contributed by atoms with E-state index in [0.29, 0.717) is 0 Å². The number of hydrogen-bond acceptors (Lipinski definition) is 1. The number of alkyl halides is 1. The van der Waals surface area contributed by atoms with Gasteiger partial charge in [-0.3, -0.25) is 0 Å². The summed E-state index contributed by atoms with van der Waals surface area (Å²) in [5.41, 5.74) is 1.93. The molecular formula is C9H8BrClN2. The molecule has 0 saturated carbocycles. The van der Waals surface area contributed by atoms with Gasteiger partial charge in [0.25, 0.3) is 0 Å². The van der Waals surface area contributed by atoms with Gasteiger partial charge in [0.05, 0.1) is 17.3 Å². The quantitative estimate of drug-likeness (QED) is 0.718. The Labute approximate surface area is 89.7 Å². The standard InChI is InChI=1S/C9H8BrClN2/c1-6(11)8-4-12-9-3-2-7(10)5-13(8)9/h2-6H,1H3. The summed E-state index contributed by atoms with van der Waals surface area (Å²) in [6, 6.07) is 3.91. The fraction of sp³-hybridized carbons (Fsp3) is 0.222. The van der Waals surface area contributed by atoms with Crippen LogP contribution in [0.15, 0.2) is 29.0 Å². The molecule has 0 aliphatic heterocycles. The highest BCUT2D eigenvalue weighted by atomic mass is 79.9. The van der Waals surface area contributed by atoms with Gasteiger partial charge in [0, 0.05) is 10.7 Å². The summed E-state index contributed by atoms with van der Waals surface area (Å²) in [7, 11) is 0. The molecule has 0 amide bonds. The highest BCUT2D eigenvalue weighted by Crippen LogP contribution is 2.22. The number of nitrogens with zero attached hydrogens (tertiary/aromatic N) is 2. The predicted molar refractivity (Wildman–Crippen MR) is 57.2 cm³/mol. The second kappa shape index (κ2) is 3.31. The van der Waals surface area contributed by atoms with Gasteiger partial charge in [-0.15, -0.1) is 11.6 Å². The molecule has 4 heteroatoms. The molecule has 2 nitrogen and oxygen atoms in total. The molecule has 0 aromatic carbocycles. The van der Waals surface area contributed by atoms with Crippen LogP contribution in [0.1, 0.15) is 18.0 Å². The van der Waals surface area contributed by atoms with Crippen molar-refractivity contribution in [2.24, 2.45) is 0 Å². The van der Waals surface area contributed by atoms with Gasteiger partial charge in [0.15, 0.2) is 0 Å². The zero-order valence-corrected chi connectivity index (χ0v) is 9.38. The van der Waals surface area contributed by atoms with E-state index < -0.39 is 0 Å². The molecule has 0 aliphatic rings. The average Bonchev–Trinajstić information content (AvgIpc) is 2.46. The average molecular weight is 260 g/mol. The van der Waals surface area contributed by atoms with Crippen LogP contribution in [0.5, 0.6) is 0 Å². The Hall–Kier alpha value is -0.540. The summed E-state index contributed by atoms with van der Waals surface area (Å²) < 4.78 is 3.01. The lowest BCUT2D eigenvalue weighted by Crippen LogP contribution is -1.92. The van der Waals surface area contributed by atoms with Crippen LogP contribution in [0.2, 0.25) is 0 Å². The molecule has 1 atom stereocenters. The maximum absolute atomic E-state index is 6.00. The minimum absolute atomic E-state index is 0.0238. The lowest BCUT2D eigenvalue weighted by atomic mass is 10.3. The van der Waals surface area contributed by atoms with Crippen LogP contribution in [0.4, 0.5) is 0 Å². The van der Waals surface area contributed by atoms with E-state index in [1.165, 1.54) is 0 Å². The SMILES string of the molecule is CC(Cl)c1cnc2ccc(Br)cn12. The Morgan fingerprint density at radius 1 is 1.54 bits per heavy atom. The van der Waals surface area contributed by atoms with Gasteiger partial charge in [-0.25, -0.2) is 4.98 Å². The van der Waals surface area contributed by atoms with Crippen LogP contribution in [-0.2, 0) is 0 Å². The number of pyridine rings is 1. The normalized spacial score (nSPS) is 13.5. The van der Waals surface area contributed by atoms with E-state index >= 15 is 0 Å². The maximum atomic E-state index is 6.00. The molecule has 0 radical (unpaired) electrons. The molecule has 0 fully saturated rings. The summed E-state index contributed by atoms with van der Waals surface area (Å²) in [6.07, 6.45) is 3.77. The van der Waals surface area contributed by atoms with E-state index in [1.807, 2.05) is 29.7 Å². The van der Waals surface area contributed by atoms with Crippen molar-refractivity contribution in [2.75, 3.05) is 0 Å².